The van der Waals surface area contributed by atoms with Crippen molar-refractivity contribution in [3.63, 3.8) is 0 Å². The van der Waals surface area contributed by atoms with Crippen LogP contribution in [0, 0.1) is 0 Å². The molecule has 1 N–H and O–H groups in total. The number of rotatable bonds is 2. The Morgan fingerprint density at radius 1 is 1.30 bits per heavy atom. The third-order valence-electron chi connectivity index (χ3n) is 4.03. The lowest BCUT2D eigenvalue weighted by atomic mass is 10.2. The van der Waals surface area contributed by atoms with Crippen LogP contribution in [0.5, 0.6) is 0 Å². The van der Waals surface area contributed by atoms with Crippen LogP contribution in [0.2, 0.25) is 0 Å². The summed E-state index contributed by atoms with van der Waals surface area (Å²) in [4.78, 5) is 9.04. The second-order valence-electron chi connectivity index (χ2n) is 5.19. The summed E-state index contributed by atoms with van der Waals surface area (Å²) in [5, 5.41) is 7.08. The molecule has 3 aliphatic heterocycles. The highest BCUT2D eigenvalue weighted by atomic mass is 35.5. The van der Waals surface area contributed by atoms with E-state index in [0.29, 0.717) is 29.1 Å². The molecule has 2 bridgehead atoms. The van der Waals surface area contributed by atoms with E-state index in [0.717, 1.165) is 24.2 Å². The normalized spacial score (nSPS) is 29.3. The van der Waals surface area contributed by atoms with Crippen molar-refractivity contribution in [3.8, 4) is 0 Å². The summed E-state index contributed by atoms with van der Waals surface area (Å²) in [6.07, 6.45) is 2.38. The SMILES string of the molecule is ClC1=C(Cl)N(c2csc(N3[C@@H]4CC[C@H]3COC4)n2)CN1. The van der Waals surface area contributed by atoms with Crippen LogP contribution in [0.1, 0.15) is 12.8 Å². The summed E-state index contributed by atoms with van der Waals surface area (Å²) in [6, 6.07) is 0.943. The first-order valence-electron chi connectivity index (χ1n) is 6.62. The summed E-state index contributed by atoms with van der Waals surface area (Å²) in [6.45, 7) is 2.18. The van der Waals surface area contributed by atoms with Gasteiger partial charge < -0.3 is 15.0 Å². The number of fused-ring (bicyclic) bond motifs is 2. The van der Waals surface area contributed by atoms with Gasteiger partial charge in [0, 0.05) is 5.38 Å². The number of hydrogen-bond donors (Lipinski definition) is 1. The quantitative estimate of drug-likeness (QED) is 0.842. The van der Waals surface area contributed by atoms with E-state index in [1.54, 1.807) is 11.3 Å². The van der Waals surface area contributed by atoms with Crippen LogP contribution in [-0.4, -0.2) is 37.0 Å². The van der Waals surface area contributed by atoms with Gasteiger partial charge >= 0.3 is 0 Å². The fraction of sp³-hybridized carbons (Fsp3) is 0.583. The molecule has 20 heavy (non-hydrogen) atoms. The summed E-state index contributed by atoms with van der Waals surface area (Å²) >= 11 is 13.8. The zero-order valence-electron chi connectivity index (χ0n) is 10.7. The van der Waals surface area contributed by atoms with Crippen molar-refractivity contribution in [1.82, 2.24) is 10.3 Å². The lowest BCUT2D eigenvalue weighted by Gasteiger charge is -2.34. The van der Waals surface area contributed by atoms with Crippen LogP contribution in [0.15, 0.2) is 15.7 Å². The van der Waals surface area contributed by atoms with E-state index in [4.69, 9.17) is 32.9 Å². The summed E-state index contributed by atoms with van der Waals surface area (Å²) in [5.74, 6) is 0.851. The first-order valence-corrected chi connectivity index (χ1v) is 8.26. The smallest absolute Gasteiger partial charge is 0.188 e. The van der Waals surface area contributed by atoms with Gasteiger partial charge in [-0.05, 0) is 12.8 Å². The topological polar surface area (TPSA) is 40.6 Å². The van der Waals surface area contributed by atoms with E-state index in [9.17, 15) is 0 Å². The minimum absolute atomic E-state index is 0.471. The average Bonchev–Trinajstić information content (AvgIpc) is 3.09. The Morgan fingerprint density at radius 3 is 2.70 bits per heavy atom. The van der Waals surface area contributed by atoms with Crippen molar-refractivity contribution in [3.05, 3.63) is 15.7 Å². The molecule has 0 aliphatic carbocycles. The average molecular weight is 333 g/mol. The first-order chi connectivity index (χ1) is 9.74. The van der Waals surface area contributed by atoms with Crippen LogP contribution >= 0.6 is 34.5 Å². The van der Waals surface area contributed by atoms with Crippen LogP contribution < -0.4 is 15.1 Å². The zero-order valence-corrected chi connectivity index (χ0v) is 13.0. The largest absolute Gasteiger partial charge is 0.377 e. The Hall–Kier alpha value is -0.690. The maximum absolute atomic E-state index is 6.17. The van der Waals surface area contributed by atoms with Crippen LogP contribution in [0.25, 0.3) is 0 Å². The number of thiazole rings is 1. The fourth-order valence-electron chi connectivity index (χ4n) is 3.03. The molecule has 0 aromatic carbocycles. The lowest BCUT2D eigenvalue weighted by Crippen LogP contribution is -2.45. The number of ether oxygens (including phenoxy) is 1. The Kier molecular flexibility index (Phi) is 3.22. The Bertz CT molecular complexity index is 547. The van der Waals surface area contributed by atoms with Gasteiger partial charge in [-0.3, -0.25) is 4.90 Å². The molecule has 108 valence electrons. The monoisotopic (exact) mass is 332 g/mol. The van der Waals surface area contributed by atoms with Gasteiger partial charge in [0.25, 0.3) is 0 Å². The van der Waals surface area contributed by atoms with Gasteiger partial charge in [0.15, 0.2) is 5.13 Å². The minimum Gasteiger partial charge on any atom is -0.377 e. The molecule has 3 aliphatic rings. The highest BCUT2D eigenvalue weighted by Gasteiger charge is 2.39. The second-order valence-corrected chi connectivity index (χ2v) is 6.76. The summed E-state index contributed by atoms with van der Waals surface area (Å²) in [7, 11) is 0. The molecule has 0 saturated carbocycles. The zero-order chi connectivity index (χ0) is 13.7. The predicted octanol–water partition coefficient (Wildman–Crippen LogP) is 2.48. The molecule has 5 nitrogen and oxygen atoms in total. The molecule has 1 aromatic rings. The number of hydrogen-bond acceptors (Lipinski definition) is 6. The number of nitrogens with zero attached hydrogens (tertiary/aromatic N) is 3. The van der Waals surface area contributed by atoms with E-state index < -0.39 is 0 Å². The van der Waals surface area contributed by atoms with Gasteiger partial charge in [0.05, 0.1) is 32.0 Å². The number of halogens is 2. The van der Waals surface area contributed by atoms with E-state index in [-0.39, 0.29) is 0 Å². The van der Waals surface area contributed by atoms with Crippen molar-refractivity contribution >= 4 is 45.5 Å². The Balaban J connectivity index is 1.60. The van der Waals surface area contributed by atoms with Crippen molar-refractivity contribution in [1.29, 1.82) is 0 Å². The number of anilines is 2. The molecule has 1 aromatic heterocycles. The highest BCUT2D eigenvalue weighted by Crippen LogP contribution is 2.38. The lowest BCUT2D eigenvalue weighted by molar-refractivity contribution is 0.0906. The molecule has 2 saturated heterocycles. The van der Waals surface area contributed by atoms with Crippen molar-refractivity contribution in [2.45, 2.75) is 24.9 Å². The van der Waals surface area contributed by atoms with Crippen molar-refractivity contribution in [2.24, 2.45) is 0 Å². The molecule has 4 heterocycles. The molecule has 8 heteroatoms. The number of aromatic nitrogens is 1. The molecule has 0 amide bonds. The van der Waals surface area contributed by atoms with E-state index >= 15 is 0 Å². The van der Waals surface area contributed by atoms with Gasteiger partial charge in [-0.1, -0.05) is 23.2 Å². The van der Waals surface area contributed by atoms with E-state index in [1.165, 1.54) is 12.8 Å². The third-order valence-corrected chi connectivity index (χ3v) is 5.67. The molecule has 0 radical (unpaired) electrons. The maximum atomic E-state index is 6.17. The Morgan fingerprint density at radius 2 is 2.05 bits per heavy atom. The number of morpholine rings is 1. The van der Waals surface area contributed by atoms with Gasteiger partial charge in [-0.15, -0.1) is 11.3 Å². The van der Waals surface area contributed by atoms with Gasteiger partial charge in [0.2, 0.25) is 0 Å². The van der Waals surface area contributed by atoms with Crippen molar-refractivity contribution < 1.29 is 4.74 Å². The summed E-state index contributed by atoms with van der Waals surface area (Å²) in [5.41, 5.74) is 0. The molecule has 0 unspecified atom stereocenters. The predicted molar refractivity (Wildman–Crippen MR) is 81.4 cm³/mol. The molecule has 2 atom stereocenters. The van der Waals surface area contributed by atoms with Crippen LogP contribution in [-0.2, 0) is 4.74 Å². The van der Waals surface area contributed by atoms with Gasteiger partial charge in [0.1, 0.15) is 16.1 Å². The molecule has 4 rings (SSSR count). The van der Waals surface area contributed by atoms with E-state index in [1.807, 2.05) is 10.3 Å². The second kappa shape index (κ2) is 4.94. The van der Waals surface area contributed by atoms with Crippen molar-refractivity contribution in [2.75, 3.05) is 29.7 Å². The maximum Gasteiger partial charge on any atom is 0.188 e. The van der Waals surface area contributed by atoms with Gasteiger partial charge in [-0.2, -0.15) is 0 Å². The standard InChI is InChI=1S/C12H14Cl2N4OS/c13-10-11(14)17(6-15-10)9-5-20-12(16-9)18-7-1-2-8(18)4-19-3-7/h5,7-8,15H,1-4,6H2/t7-,8+. The highest BCUT2D eigenvalue weighted by molar-refractivity contribution is 7.14. The first kappa shape index (κ1) is 13.0. The van der Waals surface area contributed by atoms with Crippen LogP contribution in [0.3, 0.4) is 0 Å². The molecular formula is C12H14Cl2N4OS. The summed E-state index contributed by atoms with van der Waals surface area (Å²) < 4.78 is 5.61. The fourth-order valence-corrected chi connectivity index (χ4v) is 4.36. The minimum atomic E-state index is 0.471. The van der Waals surface area contributed by atoms with Crippen LogP contribution in [0.4, 0.5) is 10.9 Å². The Labute approximate surface area is 131 Å². The third kappa shape index (κ3) is 1.97. The van der Waals surface area contributed by atoms with Gasteiger partial charge in [-0.25, -0.2) is 4.98 Å². The molecular weight excluding hydrogens is 319 g/mol. The molecule has 0 spiro atoms. The molecule has 2 fully saturated rings. The van der Waals surface area contributed by atoms with E-state index in [2.05, 4.69) is 10.2 Å². The number of nitrogens with one attached hydrogen (secondary N) is 1.